The molecule has 0 unspecified atom stereocenters. The van der Waals surface area contributed by atoms with Crippen molar-refractivity contribution in [1.82, 2.24) is 9.88 Å². The molecule has 0 radical (unpaired) electrons. The van der Waals surface area contributed by atoms with E-state index < -0.39 is 0 Å². The summed E-state index contributed by atoms with van der Waals surface area (Å²) in [7, 11) is 3.19. The molecule has 6 nitrogen and oxygen atoms in total. The van der Waals surface area contributed by atoms with Gasteiger partial charge in [-0.15, -0.1) is 11.3 Å². The number of para-hydroxylation sites is 1. The molecule has 3 aromatic rings. The maximum Gasteiger partial charge on any atom is 0.254 e. The molecule has 0 aliphatic carbocycles. The number of thiazole rings is 1. The molecule has 0 saturated heterocycles. The minimum atomic E-state index is 0.0175. The first-order valence-corrected chi connectivity index (χ1v) is 11.5. The van der Waals surface area contributed by atoms with Crippen LogP contribution in [-0.4, -0.2) is 36.1 Å². The summed E-state index contributed by atoms with van der Waals surface area (Å²) in [4.78, 5) is 19.8. The highest BCUT2D eigenvalue weighted by Crippen LogP contribution is 2.37. The number of aryl methyl sites for hydroxylation is 1. The summed E-state index contributed by atoms with van der Waals surface area (Å²) in [6.45, 7) is 6.91. The summed E-state index contributed by atoms with van der Waals surface area (Å²) in [6, 6.07) is 13.3. The molecule has 32 heavy (non-hydrogen) atoms. The lowest BCUT2D eigenvalue weighted by molar-refractivity contribution is 0.0669. The minimum absolute atomic E-state index is 0.0175. The number of nitrogens with zero attached hydrogens (tertiary/aromatic N) is 2. The van der Waals surface area contributed by atoms with Crippen LogP contribution in [0.4, 0.5) is 0 Å². The monoisotopic (exact) mass is 454 g/mol. The van der Waals surface area contributed by atoms with Crippen molar-refractivity contribution in [1.29, 1.82) is 0 Å². The van der Waals surface area contributed by atoms with Crippen LogP contribution in [-0.2, 0) is 13.2 Å². The van der Waals surface area contributed by atoms with Crippen LogP contribution >= 0.6 is 11.3 Å². The van der Waals surface area contributed by atoms with Crippen molar-refractivity contribution in [3.63, 3.8) is 0 Å². The van der Waals surface area contributed by atoms with Crippen molar-refractivity contribution in [2.45, 2.75) is 46.4 Å². The van der Waals surface area contributed by atoms with Gasteiger partial charge >= 0.3 is 0 Å². The molecule has 7 heteroatoms. The number of carbonyl (C=O) groups is 1. The van der Waals surface area contributed by atoms with Crippen molar-refractivity contribution in [2.75, 3.05) is 14.2 Å². The zero-order chi connectivity index (χ0) is 23.1. The summed E-state index contributed by atoms with van der Waals surface area (Å²) >= 11 is 1.51. The Morgan fingerprint density at radius 1 is 1.09 bits per heavy atom. The van der Waals surface area contributed by atoms with E-state index >= 15 is 0 Å². The Morgan fingerprint density at radius 2 is 1.75 bits per heavy atom. The zero-order valence-corrected chi connectivity index (χ0v) is 20.1. The first kappa shape index (κ1) is 23.6. The van der Waals surface area contributed by atoms with Crippen LogP contribution < -0.4 is 14.2 Å². The second-order valence-corrected chi connectivity index (χ2v) is 8.51. The number of amides is 1. The maximum atomic E-state index is 13.2. The van der Waals surface area contributed by atoms with E-state index in [0.29, 0.717) is 29.4 Å². The molecule has 170 valence electrons. The van der Waals surface area contributed by atoms with Crippen molar-refractivity contribution >= 4 is 17.2 Å². The van der Waals surface area contributed by atoms with Crippen molar-refractivity contribution in [3.05, 3.63) is 69.7 Å². The topological polar surface area (TPSA) is 60.9 Å². The van der Waals surface area contributed by atoms with Gasteiger partial charge in [0.2, 0.25) is 5.75 Å². The molecule has 0 N–H and O–H groups in total. The standard InChI is InChI=1S/C25H30N2O4S/c1-6-18(3)27(25(28)19-12-10-17(2)11-13-19)14-20-16-32-23(26-20)15-31-24-21(29-4)8-7-9-22(24)30-5/h7-13,16,18H,6,14-15H2,1-5H3/t18-/m0/s1. The minimum Gasteiger partial charge on any atom is -0.493 e. The number of hydrogen-bond acceptors (Lipinski definition) is 6. The molecule has 1 heterocycles. The zero-order valence-electron chi connectivity index (χ0n) is 19.3. The first-order chi connectivity index (χ1) is 15.5. The largest absolute Gasteiger partial charge is 0.493 e. The van der Waals surface area contributed by atoms with Crippen LogP contribution in [0.25, 0.3) is 0 Å². The van der Waals surface area contributed by atoms with E-state index in [1.165, 1.54) is 11.3 Å². The van der Waals surface area contributed by atoms with Gasteiger partial charge in [-0.25, -0.2) is 4.98 Å². The van der Waals surface area contributed by atoms with Gasteiger partial charge in [0.25, 0.3) is 5.91 Å². The van der Waals surface area contributed by atoms with Crippen molar-refractivity contribution in [3.8, 4) is 17.2 Å². The van der Waals surface area contributed by atoms with Crippen LogP contribution in [0.15, 0.2) is 47.8 Å². The highest BCUT2D eigenvalue weighted by molar-refractivity contribution is 7.09. The third kappa shape index (κ3) is 5.59. The summed E-state index contributed by atoms with van der Waals surface area (Å²) in [5.74, 6) is 1.77. The van der Waals surface area contributed by atoms with Gasteiger partial charge in [-0.05, 0) is 44.5 Å². The average molecular weight is 455 g/mol. The second-order valence-electron chi connectivity index (χ2n) is 7.57. The Balaban J connectivity index is 1.72. The number of methoxy groups -OCH3 is 2. The van der Waals surface area contributed by atoms with E-state index in [-0.39, 0.29) is 18.6 Å². The van der Waals surface area contributed by atoms with E-state index in [0.717, 1.165) is 22.7 Å². The van der Waals surface area contributed by atoms with Gasteiger partial charge in [-0.2, -0.15) is 0 Å². The van der Waals surface area contributed by atoms with E-state index in [4.69, 9.17) is 19.2 Å². The van der Waals surface area contributed by atoms with Crippen LogP contribution in [0.3, 0.4) is 0 Å². The van der Waals surface area contributed by atoms with Crippen LogP contribution in [0.5, 0.6) is 17.2 Å². The van der Waals surface area contributed by atoms with Crippen LogP contribution in [0.2, 0.25) is 0 Å². The molecule has 0 bridgehead atoms. The predicted molar refractivity (Wildman–Crippen MR) is 127 cm³/mol. The van der Waals surface area contributed by atoms with Crippen LogP contribution in [0.1, 0.15) is 46.9 Å². The van der Waals surface area contributed by atoms with E-state index in [1.54, 1.807) is 14.2 Å². The first-order valence-electron chi connectivity index (χ1n) is 10.6. The molecule has 1 amide bonds. The molecule has 1 aromatic heterocycles. The fourth-order valence-corrected chi connectivity index (χ4v) is 3.96. The quantitative estimate of drug-likeness (QED) is 0.405. The number of rotatable bonds is 10. The molecule has 0 aliphatic heterocycles. The Bertz CT molecular complexity index is 1010. The Kier molecular flexibility index (Phi) is 8.11. The van der Waals surface area contributed by atoms with Gasteiger partial charge in [0.15, 0.2) is 11.5 Å². The van der Waals surface area contributed by atoms with Crippen LogP contribution in [0, 0.1) is 6.92 Å². The SMILES string of the molecule is CC[C@H](C)N(Cc1csc(COc2c(OC)cccc2OC)n1)C(=O)c1ccc(C)cc1. The molecule has 0 saturated carbocycles. The van der Waals surface area contributed by atoms with Gasteiger partial charge in [-0.3, -0.25) is 4.79 Å². The predicted octanol–water partition coefficient (Wildman–Crippen LogP) is 5.49. The molecule has 0 spiro atoms. The molecule has 1 atom stereocenters. The smallest absolute Gasteiger partial charge is 0.254 e. The molecular formula is C25H30N2O4S. The number of carbonyl (C=O) groups excluding carboxylic acids is 1. The van der Waals surface area contributed by atoms with Crippen molar-refractivity contribution in [2.24, 2.45) is 0 Å². The fourth-order valence-electron chi connectivity index (χ4n) is 3.27. The van der Waals surface area contributed by atoms with E-state index in [1.807, 2.05) is 59.7 Å². The molecular weight excluding hydrogens is 424 g/mol. The van der Waals surface area contributed by atoms with Crippen molar-refractivity contribution < 1.29 is 19.0 Å². The van der Waals surface area contributed by atoms with Gasteiger partial charge in [0, 0.05) is 17.0 Å². The van der Waals surface area contributed by atoms with Gasteiger partial charge < -0.3 is 19.1 Å². The Labute approximate surface area is 193 Å². The molecule has 0 fully saturated rings. The summed E-state index contributed by atoms with van der Waals surface area (Å²) < 4.78 is 16.7. The number of benzene rings is 2. The van der Waals surface area contributed by atoms with E-state index in [9.17, 15) is 4.79 Å². The maximum absolute atomic E-state index is 13.2. The number of aromatic nitrogens is 1. The summed E-state index contributed by atoms with van der Waals surface area (Å²) in [5, 5.41) is 2.80. The van der Waals surface area contributed by atoms with Gasteiger partial charge in [0.05, 0.1) is 26.5 Å². The highest BCUT2D eigenvalue weighted by atomic mass is 32.1. The lowest BCUT2D eigenvalue weighted by Gasteiger charge is -2.28. The van der Waals surface area contributed by atoms with E-state index in [2.05, 4.69) is 13.8 Å². The third-order valence-electron chi connectivity index (χ3n) is 5.34. The number of hydrogen-bond donors (Lipinski definition) is 0. The molecule has 2 aromatic carbocycles. The molecule has 3 rings (SSSR count). The lowest BCUT2D eigenvalue weighted by Crippen LogP contribution is -2.37. The van der Waals surface area contributed by atoms with Gasteiger partial charge in [-0.1, -0.05) is 30.7 Å². The molecule has 0 aliphatic rings. The average Bonchev–Trinajstić information content (AvgIpc) is 3.27. The third-order valence-corrected chi connectivity index (χ3v) is 6.21. The number of ether oxygens (including phenoxy) is 3. The van der Waals surface area contributed by atoms with Gasteiger partial charge in [0.1, 0.15) is 11.6 Å². The summed E-state index contributed by atoms with van der Waals surface area (Å²) in [6.07, 6.45) is 0.866. The lowest BCUT2D eigenvalue weighted by atomic mass is 10.1. The second kappa shape index (κ2) is 11.0. The Morgan fingerprint density at radius 3 is 2.34 bits per heavy atom. The fraction of sp³-hybridized carbons (Fsp3) is 0.360. The normalized spacial score (nSPS) is 11.7. The highest BCUT2D eigenvalue weighted by Gasteiger charge is 2.22. The Hall–Kier alpha value is -3.06. The summed E-state index contributed by atoms with van der Waals surface area (Å²) in [5.41, 5.74) is 2.67.